The Balaban J connectivity index is 1.45. The first kappa shape index (κ1) is 19.9. The minimum Gasteiger partial charge on any atom is -0.482 e. The highest BCUT2D eigenvalue weighted by atomic mass is 32.1. The number of hydrogen-bond donors (Lipinski definition) is 2. The van der Waals surface area contributed by atoms with Crippen molar-refractivity contribution in [1.29, 1.82) is 0 Å². The Labute approximate surface area is 168 Å². The summed E-state index contributed by atoms with van der Waals surface area (Å²) in [6.07, 6.45) is 2.18. The number of carboxylic acid groups (broad SMARTS) is 1. The summed E-state index contributed by atoms with van der Waals surface area (Å²) in [5.41, 5.74) is 2.25. The highest BCUT2D eigenvalue weighted by molar-refractivity contribution is 7.17. The molecule has 0 saturated heterocycles. The monoisotopic (exact) mass is 397 g/mol. The number of carboxylic acids is 1. The van der Waals surface area contributed by atoms with Crippen LogP contribution in [0, 0.1) is 0 Å². The van der Waals surface area contributed by atoms with Crippen molar-refractivity contribution in [3.05, 3.63) is 65.0 Å². The van der Waals surface area contributed by atoms with Gasteiger partial charge in [0, 0.05) is 11.1 Å². The summed E-state index contributed by atoms with van der Waals surface area (Å²) in [6, 6.07) is 15.3. The molecule has 1 unspecified atom stereocenters. The molecule has 1 aromatic heterocycles. The van der Waals surface area contributed by atoms with Gasteiger partial charge < -0.3 is 15.2 Å². The van der Waals surface area contributed by atoms with Crippen molar-refractivity contribution < 1.29 is 19.4 Å². The number of ether oxygens (including phenoxy) is 1. The molecular formula is C22H23NO4S. The highest BCUT2D eigenvalue weighted by Crippen LogP contribution is 2.26. The van der Waals surface area contributed by atoms with Gasteiger partial charge >= 0.3 is 5.97 Å². The molecule has 3 aromatic rings. The van der Waals surface area contributed by atoms with E-state index in [1.165, 1.54) is 15.6 Å². The summed E-state index contributed by atoms with van der Waals surface area (Å²) in [6.45, 7) is 1.56. The van der Waals surface area contributed by atoms with Crippen molar-refractivity contribution in [2.45, 2.75) is 32.2 Å². The fourth-order valence-corrected chi connectivity index (χ4v) is 4.06. The fraction of sp³-hybridized carbons (Fsp3) is 0.273. The summed E-state index contributed by atoms with van der Waals surface area (Å²) >= 11 is 1.74. The lowest BCUT2D eigenvalue weighted by Gasteiger charge is -2.15. The van der Waals surface area contributed by atoms with E-state index in [9.17, 15) is 9.59 Å². The summed E-state index contributed by atoms with van der Waals surface area (Å²) in [4.78, 5) is 22.8. The zero-order valence-electron chi connectivity index (χ0n) is 15.7. The molecule has 0 aliphatic rings. The van der Waals surface area contributed by atoms with Crippen LogP contribution in [0.15, 0.2) is 53.9 Å². The van der Waals surface area contributed by atoms with E-state index in [0.29, 0.717) is 12.2 Å². The van der Waals surface area contributed by atoms with E-state index < -0.39 is 5.97 Å². The molecule has 0 radical (unpaired) electrons. The maximum absolute atomic E-state index is 12.3. The first-order chi connectivity index (χ1) is 13.5. The van der Waals surface area contributed by atoms with Crippen LogP contribution in [0.2, 0.25) is 0 Å². The zero-order chi connectivity index (χ0) is 19.9. The molecule has 0 bridgehead atoms. The Hall–Kier alpha value is -2.86. The van der Waals surface area contributed by atoms with Gasteiger partial charge in [-0.15, -0.1) is 11.3 Å². The number of rotatable bonds is 9. The van der Waals surface area contributed by atoms with E-state index in [0.717, 1.165) is 18.4 Å². The van der Waals surface area contributed by atoms with Gasteiger partial charge in [0.1, 0.15) is 5.75 Å². The molecule has 2 N–H and O–H groups in total. The van der Waals surface area contributed by atoms with Crippen molar-refractivity contribution in [3.8, 4) is 5.75 Å². The Bertz CT molecular complexity index is 949. The summed E-state index contributed by atoms with van der Waals surface area (Å²) in [5, 5.41) is 15.1. The predicted octanol–water partition coefficient (Wildman–Crippen LogP) is 4.56. The number of benzene rings is 2. The molecule has 0 spiro atoms. The average Bonchev–Trinajstić information content (AvgIpc) is 3.10. The molecule has 28 heavy (non-hydrogen) atoms. The van der Waals surface area contributed by atoms with E-state index in [1.807, 2.05) is 31.2 Å². The molecule has 2 aromatic carbocycles. The molecule has 0 fully saturated rings. The van der Waals surface area contributed by atoms with Gasteiger partial charge in [-0.1, -0.05) is 30.3 Å². The maximum Gasteiger partial charge on any atom is 0.341 e. The van der Waals surface area contributed by atoms with Crippen LogP contribution < -0.4 is 10.1 Å². The molecule has 1 amide bonds. The standard InChI is InChI=1S/C22H23NO4S/c1-15(16-9-11-18(12-10-16)27-13-22(25)26)23-21(24)8-4-5-17-14-28-20-7-3-2-6-19(17)20/h2-3,6-7,9-12,14-15H,4-5,8,13H2,1H3,(H,23,24)(H,25,26). The van der Waals surface area contributed by atoms with E-state index in [-0.39, 0.29) is 18.6 Å². The SMILES string of the molecule is CC(NC(=O)CCCc1csc2ccccc12)c1ccc(OCC(=O)O)cc1. The summed E-state index contributed by atoms with van der Waals surface area (Å²) in [7, 11) is 0. The topological polar surface area (TPSA) is 75.6 Å². The highest BCUT2D eigenvalue weighted by Gasteiger charge is 2.11. The van der Waals surface area contributed by atoms with E-state index in [2.05, 4.69) is 22.8 Å². The number of carbonyl (C=O) groups is 2. The van der Waals surface area contributed by atoms with Crippen LogP contribution in [0.5, 0.6) is 5.75 Å². The number of aryl methyl sites for hydroxylation is 1. The van der Waals surface area contributed by atoms with Gasteiger partial charge in [0.25, 0.3) is 0 Å². The van der Waals surface area contributed by atoms with E-state index in [1.54, 1.807) is 23.5 Å². The smallest absolute Gasteiger partial charge is 0.341 e. The molecule has 1 atom stereocenters. The van der Waals surface area contributed by atoms with Crippen LogP contribution in [-0.4, -0.2) is 23.6 Å². The number of nitrogens with one attached hydrogen (secondary N) is 1. The number of hydrogen-bond acceptors (Lipinski definition) is 4. The van der Waals surface area contributed by atoms with Crippen LogP contribution in [0.25, 0.3) is 10.1 Å². The molecular weight excluding hydrogens is 374 g/mol. The second-order valence-electron chi connectivity index (χ2n) is 6.65. The number of thiophene rings is 1. The lowest BCUT2D eigenvalue weighted by atomic mass is 10.1. The zero-order valence-corrected chi connectivity index (χ0v) is 16.5. The summed E-state index contributed by atoms with van der Waals surface area (Å²) in [5.74, 6) is -0.494. The van der Waals surface area contributed by atoms with Crippen molar-refractivity contribution in [2.24, 2.45) is 0 Å². The number of aliphatic carboxylic acids is 1. The fourth-order valence-electron chi connectivity index (χ4n) is 3.06. The minimum atomic E-state index is -1.01. The molecule has 146 valence electrons. The maximum atomic E-state index is 12.3. The van der Waals surface area contributed by atoms with Crippen LogP contribution in [0.1, 0.15) is 36.9 Å². The third kappa shape index (κ3) is 5.33. The normalized spacial score (nSPS) is 11.9. The lowest BCUT2D eigenvalue weighted by Crippen LogP contribution is -2.26. The molecule has 1 heterocycles. The van der Waals surface area contributed by atoms with Crippen molar-refractivity contribution in [1.82, 2.24) is 5.32 Å². The quantitative estimate of drug-likeness (QED) is 0.555. The van der Waals surface area contributed by atoms with E-state index >= 15 is 0 Å². The lowest BCUT2D eigenvalue weighted by molar-refractivity contribution is -0.139. The largest absolute Gasteiger partial charge is 0.482 e. The Morgan fingerprint density at radius 3 is 2.64 bits per heavy atom. The molecule has 0 aliphatic heterocycles. The van der Waals surface area contributed by atoms with Crippen LogP contribution in [-0.2, 0) is 16.0 Å². The number of amides is 1. The van der Waals surface area contributed by atoms with Crippen LogP contribution in [0.3, 0.4) is 0 Å². The molecule has 3 rings (SSSR count). The second-order valence-corrected chi connectivity index (χ2v) is 7.56. The van der Waals surface area contributed by atoms with Crippen LogP contribution in [0.4, 0.5) is 0 Å². The third-order valence-electron chi connectivity index (χ3n) is 4.53. The van der Waals surface area contributed by atoms with Gasteiger partial charge in [-0.2, -0.15) is 0 Å². The Morgan fingerprint density at radius 1 is 1.14 bits per heavy atom. The van der Waals surface area contributed by atoms with Crippen molar-refractivity contribution >= 4 is 33.3 Å². The number of fused-ring (bicyclic) bond motifs is 1. The second kappa shape index (κ2) is 9.37. The third-order valence-corrected chi connectivity index (χ3v) is 5.54. The summed E-state index contributed by atoms with van der Waals surface area (Å²) < 4.78 is 6.40. The molecule has 0 saturated carbocycles. The number of carbonyl (C=O) groups excluding carboxylic acids is 1. The van der Waals surface area contributed by atoms with Gasteiger partial charge in [0.15, 0.2) is 6.61 Å². The minimum absolute atomic E-state index is 0.0261. The average molecular weight is 397 g/mol. The van der Waals surface area contributed by atoms with Gasteiger partial charge in [0.2, 0.25) is 5.91 Å². The van der Waals surface area contributed by atoms with Gasteiger partial charge in [-0.3, -0.25) is 4.79 Å². The Morgan fingerprint density at radius 2 is 1.89 bits per heavy atom. The first-order valence-electron chi connectivity index (χ1n) is 9.22. The molecule has 6 heteroatoms. The van der Waals surface area contributed by atoms with Crippen molar-refractivity contribution in [3.63, 3.8) is 0 Å². The van der Waals surface area contributed by atoms with Crippen LogP contribution >= 0.6 is 11.3 Å². The van der Waals surface area contributed by atoms with E-state index in [4.69, 9.17) is 9.84 Å². The first-order valence-corrected chi connectivity index (χ1v) is 10.1. The molecule has 0 aliphatic carbocycles. The predicted molar refractivity (Wildman–Crippen MR) is 111 cm³/mol. The Kier molecular flexibility index (Phi) is 6.66. The van der Waals surface area contributed by atoms with Gasteiger partial charge in [-0.25, -0.2) is 4.79 Å². The molecule has 5 nitrogen and oxygen atoms in total. The van der Waals surface area contributed by atoms with Gasteiger partial charge in [0.05, 0.1) is 6.04 Å². The van der Waals surface area contributed by atoms with Crippen molar-refractivity contribution in [2.75, 3.05) is 6.61 Å². The van der Waals surface area contributed by atoms with Gasteiger partial charge in [-0.05, 0) is 59.9 Å².